The predicted octanol–water partition coefficient (Wildman–Crippen LogP) is 6.59. The zero-order valence-corrected chi connectivity index (χ0v) is 17.5. The molecule has 0 bridgehead atoms. The van der Waals surface area contributed by atoms with Gasteiger partial charge in [-0.25, -0.2) is 0 Å². The molecule has 0 aromatic heterocycles. The number of benzene rings is 2. The van der Waals surface area contributed by atoms with Crippen molar-refractivity contribution in [2.75, 3.05) is 0 Å². The molecule has 0 N–H and O–H groups in total. The van der Waals surface area contributed by atoms with E-state index in [1.54, 1.807) is 10.6 Å². The van der Waals surface area contributed by atoms with Gasteiger partial charge in [-0.1, -0.05) is 108 Å². The van der Waals surface area contributed by atoms with Crippen LogP contribution in [0.15, 0.2) is 83.4 Å². The lowest BCUT2D eigenvalue weighted by Gasteiger charge is -2.31. The molecule has 0 atom stereocenters. The molecule has 2 aromatic carbocycles. The van der Waals surface area contributed by atoms with E-state index in [4.69, 9.17) is 0 Å². The van der Waals surface area contributed by atoms with Crippen molar-refractivity contribution in [3.8, 4) is 0 Å². The van der Waals surface area contributed by atoms with E-state index in [1.165, 1.54) is 10.6 Å². The number of rotatable bonds is 6. The molecule has 0 saturated carbocycles. The lowest BCUT2D eigenvalue weighted by Crippen LogP contribution is -2.13. The van der Waals surface area contributed by atoms with Gasteiger partial charge in [0, 0.05) is 0 Å². The number of hydrogen-bond donors (Lipinski definition) is 0. The third kappa shape index (κ3) is 4.13. The third-order valence-electron chi connectivity index (χ3n) is 4.58. The Labute approximate surface area is 155 Å². The molecule has 2 heteroatoms. The highest BCUT2D eigenvalue weighted by Gasteiger charge is 2.29. The van der Waals surface area contributed by atoms with Gasteiger partial charge in [-0.2, -0.15) is 0 Å². The summed E-state index contributed by atoms with van der Waals surface area (Å²) in [6.45, 7) is 9.62. The quantitative estimate of drug-likeness (QED) is 0.506. The average Bonchev–Trinajstić information content (AvgIpc) is 3.05. The summed E-state index contributed by atoms with van der Waals surface area (Å²) in [4.78, 5) is 0. The first-order valence-corrected chi connectivity index (χ1v) is 12.0. The molecule has 0 saturated heterocycles. The topological polar surface area (TPSA) is 0 Å². The normalized spacial score (nSPS) is 14.6. The van der Waals surface area contributed by atoms with E-state index in [2.05, 4.69) is 101 Å². The highest BCUT2D eigenvalue weighted by atomic mass is 31.1. The van der Waals surface area contributed by atoms with E-state index < -0.39 is 7.92 Å². The van der Waals surface area contributed by atoms with E-state index in [0.717, 1.165) is 17.7 Å². The molecule has 0 spiro atoms. The van der Waals surface area contributed by atoms with Crippen molar-refractivity contribution in [2.45, 2.75) is 45.4 Å². The van der Waals surface area contributed by atoms with Crippen LogP contribution in [0, 0.1) is 0 Å². The Morgan fingerprint density at radius 3 is 1.64 bits per heavy atom. The van der Waals surface area contributed by atoms with Gasteiger partial charge in [-0.05, 0) is 46.9 Å². The first kappa shape index (κ1) is 18.6. The molecule has 0 unspecified atom stereocenters. The van der Waals surface area contributed by atoms with Crippen LogP contribution in [0.2, 0.25) is 0 Å². The van der Waals surface area contributed by atoms with Crippen molar-refractivity contribution in [2.24, 2.45) is 0 Å². The van der Waals surface area contributed by atoms with Gasteiger partial charge in [0.1, 0.15) is 0 Å². The largest absolute Gasteiger partial charge is 0.0794 e. The van der Waals surface area contributed by atoms with Crippen LogP contribution in [-0.4, -0.2) is 11.3 Å². The van der Waals surface area contributed by atoms with Gasteiger partial charge in [-0.3, -0.25) is 0 Å². The van der Waals surface area contributed by atoms with Crippen molar-refractivity contribution < 1.29 is 0 Å². The Kier molecular flexibility index (Phi) is 6.27. The Bertz CT molecular complexity index is 695. The second-order valence-corrected chi connectivity index (χ2v) is 12.6. The van der Waals surface area contributed by atoms with Crippen LogP contribution < -0.4 is 10.6 Å². The van der Waals surface area contributed by atoms with Gasteiger partial charge in [0.05, 0.1) is 0 Å². The summed E-state index contributed by atoms with van der Waals surface area (Å²) in [5, 5.41) is 6.27. The van der Waals surface area contributed by atoms with Crippen molar-refractivity contribution in [1.82, 2.24) is 0 Å². The minimum Gasteiger partial charge on any atom is -0.0794 e. The molecule has 1 aliphatic carbocycles. The maximum atomic E-state index is 2.43. The van der Waals surface area contributed by atoms with Crippen molar-refractivity contribution in [3.63, 3.8) is 0 Å². The van der Waals surface area contributed by atoms with Crippen LogP contribution in [0.1, 0.15) is 34.1 Å². The summed E-state index contributed by atoms with van der Waals surface area (Å²) >= 11 is 0. The third-order valence-corrected chi connectivity index (χ3v) is 10.6. The SMILES string of the molecule is CC(C)P(C1=C(P(c2ccccc2)c2ccccc2)C=CC1)C(C)C. The monoisotopic (exact) mass is 366 g/mol. The summed E-state index contributed by atoms with van der Waals surface area (Å²) in [5.41, 5.74) is 1.48. The van der Waals surface area contributed by atoms with Crippen LogP contribution in [0.5, 0.6) is 0 Å². The summed E-state index contributed by atoms with van der Waals surface area (Å²) in [6.07, 6.45) is 5.98. The van der Waals surface area contributed by atoms with Gasteiger partial charge < -0.3 is 0 Å². The van der Waals surface area contributed by atoms with Crippen molar-refractivity contribution >= 4 is 26.5 Å². The Hall–Kier alpha value is -1.22. The Balaban J connectivity index is 2.15. The molecule has 0 heterocycles. The van der Waals surface area contributed by atoms with Crippen LogP contribution in [-0.2, 0) is 0 Å². The fourth-order valence-corrected chi connectivity index (χ4v) is 9.87. The molecule has 3 rings (SSSR count). The Morgan fingerprint density at radius 1 is 0.720 bits per heavy atom. The first-order chi connectivity index (χ1) is 12.1. The van der Waals surface area contributed by atoms with Gasteiger partial charge in [0.25, 0.3) is 0 Å². The lowest BCUT2D eigenvalue weighted by molar-refractivity contribution is 1.01. The van der Waals surface area contributed by atoms with E-state index in [1.807, 2.05) is 0 Å². The van der Waals surface area contributed by atoms with Crippen LogP contribution in [0.3, 0.4) is 0 Å². The maximum absolute atomic E-state index is 2.43. The minimum absolute atomic E-state index is 0.0989. The smallest absolute Gasteiger partial charge is 0.00829 e. The second kappa shape index (κ2) is 8.44. The molecular weight excluding hydrogens is 338 g/mol. The fraction of sp³-hybridized carbons (Fsp3) is 0.304. The van der Waals surface area contributed by atoms with Crippen molar-refractivity contribution in [3.05, 3.63) is 83.4 Å². The average molecular weight is 366 g/mol. The second-order valence-electron chi connectivity index (χ2n) is 7.04. The molecule has 0 aliphatic heterocycles. The van der Waals surface area contributed by atoms with Gasteiger partial charge in [0.2, 0.25) is 0 Å². The van der Waals surface area contributed by atoms with Crippen LogP contribution in [0.25, 0.3) is 0 Å². The molecule has 0 radical (unpaired) electrons. The first-order valence-electron chi connectivity index (χ1n) is 9.18. The maximum Gasteiger partial charge on any atom is -0.00829 e. The Morgan fingerprint density at radius 2 is 1.20 bits per heavy atom. The summed E-state index contributed by atoms with van der Waals surface area (Å²) in [6, 6.07) is 22.2. The van der Waals surface area contributed by atoms with Gasteiger partial charge >= 0.3 is 0 Å². The standard InChI is InChI=1S/C23H28P2/c1-18(2)24(19(3)4)22-16-11-17-23(22)25(20-12-7-5-8-13-20)21-14-9-6-10-15-21/h5-15,17-19H,16H2,1-4H3. The fourth-order valence-electron chi connectivity index (χ4n) is 3.73. The molecule has 25 heavy (non-hydrogen) atoms. The molecule has 0 nitrogen and oxygen atoms in total. The number of allylic oxidation sites excluding steroid dienone is 4. The summed E-state index contributed by atoms with van der Waals surface area (Å²) < 4.78 is 0. The predicted molar refractivity (Wildman–Crippen MR) is 117 cm³/mol. The molecule has 2 aromatic rings. The van der Waals surface area contributed by atoms with Crippen molar-refractivity contribution in [1.29, 1.82) is 0 Å². The van der Waals surface area contributed by atoms with Crippen LogP contribution in [0.4, 0.5) is 0 Å². The molecule has 130 valence electrons. The number of hydrogen-bond acceptors (Lipinski definition) is 0. The zero-order chi connectivity index (χ0) is 17.8. The highest BCUT2D eigenvalue weighted by molar-refractivity contribution is 7.78. The molecular formula is C23H28P2. The summed E-state index contributed by atoms with van der Waals surface area (Å²) in [5.74, 6) is 0. The van der Waals surface area contributed by atoms with Crippen LogP contribution >= 0.6 is 15.8 Å². The van der Waals surface area contributed by atoms with Gasteiger partial charge in [0.15, 0.2) is 0 Å². The molecule has 0 fully saturated rings. The van der Waals surface area contributed by atoms with E-state index >= 15 is 0 Å². The molecule has 1 aliphatic rings. The summed E-state index contributed by atoms with van der Waals surface area (Å²) in [7, 11) is -0.563. The zero-order valence-electron chi connectivity index (χ0n) is 15.7. The van der Waals surface area contributed by atoms with E-state index in [9.17, 15) is 0 Å². The highest BCUT2D eigenvalue weighted by Crippen LogP contribution is 2.62. The molecule has 0 amide bonds. The lowest BCUT2D eigenvalue weighted by atomic mass is 10.4. The van der Waals surface area contributed by atoms with Gasteiger partial charge in [-0.15, -0.1) is 0 Å². The minimum atomic E-state index is -0.464. The van der Waals surface area contributed by atoms with E-state index in [-0.39, 0.29) is 7.92 Å². The van der Waals surface area contributed by atoms with E-state index in [0.29, 0.717) is 0 Å².